The number of hydrogen-bond donors (Lipinski definition) is 1. The van der Waals surface area contributed by atoms with Gasteiger partial charge in [0, 0.05) is 36.3 Å². The molecule has 0 unspecified atom stereocenters. The number of hydrogen-bond acceptors (Lipinski definition) is 5. The molecule has 38 heavy (non-hydrogen) atoms. The molecule has 2 aromatic carbocycles. The Morgan fingerprint density at radius 2 is 1.92 bits per heavy atom. The Balaban J connectivity index is 1.28. The number of nitrogens with zero attached hydrogens (tertiary/aromatic N) is 2. The van der Waals surface area contributed by atoms with Crippen LogP contribution in [0.2, 0.25) is 0 Å². The summed E-state index contributed by atoms with van der Waals surface area (Å²) in [5, 5.41) is 3.27. The van der Waals surface area contributed by atoms with Crippen molar-refractivity contribution in [2.45, 2.75) is 43.6 Å². The van der Waals surface area contributed by atoms with Gasteiger partial charge < -0.3 is 9.73 Å². The molecule has 0 aliphatic carbocycles. The highest BCUT2D eigenvalue weighted by atomic mass is 32.2. The zero-order chi connectivity index (χ0) is 27.1. The van der Waals surface area contributed by atoms with Crippen molar-refractivity contribution in [3.8, 4) is 11.1 Å². The summed E-state index contributed by atoms with van der Waals surface area (Å²) in [7, 11) is -4.03. The highest BCUT2D eigenvalue weighted by Gasteiger charge is 2.41. The molecule has 1 aliphatic rings. The van der Waals surface area contributed by atoms with Crippen LogP contribution in [0.3, 0.4) is 0 Å². The summed E-state index contributed by atoms with van der Waals surface area (Å²) in [5.41, 5.74) is 2.30. The summed E-state index contributed by atoms with van der Waals surface area (Å²) in [4.78, 5) is 16.5. The summed E-state index contributed by atoms with van der Waals surface area (Å²) in [5.74, 6) is -0.431. The Labute approximate surface area is 217 Å². The Morgan fingerprint density at radius 3 is 2.66 bits per heavy atom. The van der Waals surface area contributed by atoms with Crippen molar-refractivity contribution in [1.29, 1.82) is 0 Å². The van der Waals surface area contributed by atoms with Gasteiger partial charge in [0.25, 0.3) is 10.0 Å². The lowest BCUT2D eigenvalue weighted by Gasteiger charge is -2.22. The smallest absolute Gasteiger partial charge is 0.433 e. The van der Waals surface area contributed by atoms with Gasteiger partial charge in [0.15, 0.2) is 0 Å². The summed E-state index contributed by atoms with van der Waals surface area (Å²) >= 11 is 0. The summed E-state index contributed by atoms with van der Waals surface area (Å²) in [6, 6.07) is 15.2. The molecule has 3 heterocycles. The molecule has 1 N–H and O–H groups in total. The van der Waals surface area contributed by atoms with E-state index in [1.54, 1.807) is 30.3 Å². The molecule has 4 aromatic rings. The lowest BCUT2D eigenvalue weighted by molar-refractivity contribution is -0.141. The van der Waals surface area contributed by atoms with E-state index in [0.29, 0.717) is 40.5 Å². The topological polar surface area (TPSA) is 92.5 Å². The minimum absolute atomic E-state index is 0.120. The molecule has 11 heteroatoms. The van der Waals surface area contributed by atoms with Gasteiger partial charge in [0.05, 0.1) is 0 Å². The van der Waals surface area contributed by atoms with E-state index in [1.165, 1.54) is 16.4 Å². The largest absolute Gasteiger partial charge is 0.443 e. The predicted molar refractivity (Wildman–Crippen MR) is 134 cm³/mol. The third-order valence-electron chi connectivity index (χ3n) is 6.50. The van der Waals surface area contributed by atoms with Gasteiger partial charge in [-0.1, -0.05) is 35.9 Å². The highest BCUT2D eigenvalue weighted by Crippen LogP contribution is 2.31. The van der Waals surface area contributed by atoms with Crippen LogP contribution in [0.15, 0.2) is 76.4 Å². The number of carbonyl (C=O) groups excluding carboxylic acids is 1. The fourth-order valence-corrected chi connectivity index (χ4v) is 6.18. The van der Waals surface area contributed by atoms with Gasteiger partial charge in [0.2, 0.25) is 11.0 Å². The fourth-order valence-electron chi connectivity index (χ4n) is 4.57. The van der Waals surface area contributed by atoms with Crippen LogP contribution >= 0.6 is 0 Å². The van der Waals surface area contributed by atoms with E-state index in [9.17, 15) is 26.4 Å². The first-order valence-electron chi connectivity index (χ1n) is 11.9. The summed E-state index contributed by atoms with van der Waals surface area (Å²) in [6.45, 7) is 2.22. The van der Waals surface area contributed by atoms with Crippen molar-refractivity contribution in [3.05, 3.63) is 83.7 Å². The number of halogens is 3. The number of carbonyl (C=O) groups is 1. The molecule has 1 atom stereocenters. The predicted octanol–water partition coefficient (Wildman–Crippen LogP) is 5.29. The quantitative estimate of drug-likeness (QED) is 0.357. The first-order chi connectivity index (χ1) is 18.0. The number of nitrogens with one attached hydrogen (secondary N) is 1. The van der Waals surface area contributed by atoms with Crippen molar-refractivity contribution in [3.63, 3.8) is 0 Å². The van der Waals surface area contributed by atoms with Gasteiger partial charge in [-0.05, 0) is 55.2 Å². The van der Waals surface area contributed by atoms with E-state index < -0.39 is 33.8 Å². The fraction of sp³-hybridized carbons (Fsp3) is 0.259. The second kappa shape index (κ2) is 9.88. The second-order valence-electron chi connectivity index (χ2n) is 9.23. The average Bonchev–Trinajstić information content (AvgIpc) is 3.55. The van der Waals surface area contributed by atoms with Crippen LogP contribution in [0.1, 0.15) is 29.7 Å². The van der Waals surface area contributed by atoms with E-state index in [1.807, 2.05) is 19.1 Å². The molecule has 2 aromatic heterocycles. The Bertz CT molecular complexity index is 1600. The van der Waals surface area contributed by atoms with E-state index in [4.69, 9.17) is 4.42 Å². The maximum Gasteiger partial charge on any atom is 0.433 e. The molecule has 1 amide bonds. The molecule has 0 spiro atoms. The molecule has 0 bridgehead atoms. The minimum Gasteiger partial charge on any atom is -0.443 e. The third-order valence-corrected chi connectivity index (χ3v) is 8.26. The zero-order valence-corrected chi connectivity index (χ0v) is 21.1. The Hall–Kier alpha value is -3.70. The van der Waals surface area contributed by atoms with Crippen LogP contribution in [0.5, 0.6) is 0 Å². The van der Waals surface area contributed by atoms with Crippen LogP contribution in [0, 0.1) is 6.92 Å². The average molecular weight is 544 g/mol. The van der Waals surface area contributed by atoms with Gasteiger partial charge in [-0.15, -0.1) is 0 Å². The number of sulfonamides is 1. The number of aromatic nitrogens is 1. The van der Waals surface area contributed by atoms with E-state index in [-0.39, 0.29) is 18.2 Å². The van der Waals surface area contributed by atoms with Gasteiger partial charge in [-0.2, -0.15) is 17.5 Å². The number of benzene rings is 2. The van der Waals surface area contributed by atoms with Crippen molar-refractivity contribution in [1.82, 2.24) is 14.6 Å². The van der Waals surface area contributed by atoms with Crippen LogP contribution < -0.4 is 5.32 Å². The zero-order valence-electron chi connectivity index (χ0n) is 20.3. The van der Waals surface area contributed by atoms with Crippen molar-refractivity contribution in [2.24, 2.45) is 0 Å². The van der Waals surface area contributed by atoms with Gasteiger partial charge in [-0.25, -0.2) is 8.42 Å². The SMILES string of the molecule is Cc1ccc2oc(S(=O)(=O)N3CCC[C@H]3C(=O)NCc3cccc(-c4ccc(C(F)(F)F)nc4)c3)cc2c1. The second-order valence-corrected chi connectivity index (χ2v) is 11.1. The monoisotopic (exact) mass is 543 g/mol. The molecule has 7 nitrogen and oxygen atoms in total. The molecule has 0 radical (unpaired) electrons. The Morgan fingerprint density at radius 1 is 1.11 bits per heavy atom. The van der Waals surface area contributed by atoms with Gasteiger partial charge in [0.1, 0.15) is 17.3 Å². The molecule has 1 fully saturated rings. The van der Waals surface area contributed by atoms with Crippen molar-refractivity contribution >= 4 is 26.9 Å². The summed E-state index contributed by atoms with van der Waals surface area (Å²) in [6.07, 6.45) is -2.45. The standard InChI is InChI=1S/C27H24F3N3O4S/c1-17-7-9-23-21(12-17)14-25(37-23)38(35,36)33-11-3-6-22(33)26(34)32-15-18-4-2-5-19(13-18)20-8-10-24(31-16-20)27(28,29)30/h2,4-5,7-10,12-14,16,22H,3,6,11,15H2,1H3,(H,32,34)/t22-/m0/s1. The molecule has 0 saturated carbocycles. The third kappa shape index (κ3) is 5.16. The van der Waals surface area contributed by atoms with Gasteiger partial charge in [-0.3, -0.25) is 9.78 Å². The maximum atomic E-state index is 13.3. The first-order valence-corrected chi connectivity index (χ1v) is 13.4. The number of pyridine rings is 1. The van der Waals surface area contributed by atoms with Crippen LogP contribution in [-0.2, 0) is 27.5 Å². The maximum absolute atomic E-state index is 13.3. The number of fused-ring (bicyclic) bond motifs is 1. The molecule has 198 valence electrons. The molecule has 1 aliphatic heterocycles. The minimum atomic E-state index is -4.52. The Kier molecular flexibility index (Phi) is 6.74. The van der Waals surface area contributed by atoms with E-state index in [0.717, 1.165) is 17.8 Å². The van der Waals surface area contributed by atoms with Crippen LogP contribution in [-0.4, -0.2) is 36.2 Å². The first kappa shape index (κ1) is 25.9. The number of rotatable bonds is 6. The molecule has 5 rings (SSSR count). The number of aryl methyl sites for hydroxylation is 1. The van der Waals surface area contributed by atoms with Crippen molar-refractivity contribution < 1.29 is 30.8 Å². The van der Waals surface area contributed by atoms with Crippen LogP contribution in [0.4, 0.5) is 13.2 Å². The number of furan rings is 1. The van der Waals surface area contributed by atoms with E-state index >= 15 is 0 Å². The molecular weight excluding hydrogens is 519 g/mol. The number of amides is 1. The molecular formula is C27H24F3N3O4S. The lowest BCUT2D eigenvalue weighted by atomic mass is 10.0. The van der Waals surface area contributed by atoms with Gasteiger partial charge >= 0.3 is 6.18 Å². The van der Waals surface area contributed by atoms with Crippen LogP contribution in [0.25, 0.3) is 22.1 Å². The lowest BCUT2D eigenvalue weighted by Crippen LogP contribution is -2.45. The van der Waals surface area contributed by atoms with Crippen molar-refractivity contribution in [2.75, 3.05) is 6.54 Å². The summed E-state index contributed by atoms with van der Waals surface area (Å²) < 4.78 is 71.9. The number of alkyl halides is 3. The molecule has 1 saturated heterocycles. The van der Waals surface area contributed by atoms with E-state index in [2.05, 4.69) is 10.3 Å². The highest BCUT2D eigenvalue weighted by molar-refractivity contribution is 7.89. The normalized spacial score (nSPS) is 16.7.